The van der Waals surface area contributed by atoms with E-state index in [4.69, 9.17) is 9.47 Å². The van der Waals surface area contributed by atoms with Crippen molar-refractivity contribution in [3.05, 3.63) is 24.0 Å². The number of benzene rings is 1. The zero-order chi connectivity index (χ0) is 17.1. The largest absolute Gasteiger partial charge is 0.466 e. The molecule has 3 rings (SSSR count). The Morgan fingerprint density at radius 2 is 2.17 bits per heavy atom. The fraction of sp³-hybridized carbons (Fsp3) is 0.500. The van der Waals surface area contributed by atoms with Crippen LogP contribution in [0.3, 0.4) is 0 Å². The molecular formula is C16H19FN2O5. The van der Waals surface area contributed by atoms with Crippen molar-refractivity contribution in [2.24, 2.45) is 0 Å². The van der Waals surface area contributed by atoms with E-state index in [1.807, 2.05) is 4.90 Å². The number of hydrogen-bond acceptors (Lipinski definition) is 6. The fourth-order valence-electron chi connectivity index (χ4n) is 2.84. The Hall–Kier alpha value is -2.35. The maximum absolute atomic E-state index is 14.5. The van der Waals surface area contributed by atoms with Gasteiger partial charge in [-0.1, -0.05) is 0 Å². The monoisotopic (exact) mass is 338 g/mol. The molecule has 1 atom stereocenters. The summed E-state index contributed by atoms with van der Waals surface area (Å²) in [6, 6.07) is 4.56. The molecule has 130 valence electrons. The van der Waals surface area contributed by atoms with Crippen LogP contribution in [0.2, 0.25) is 0 Å². The van der Waals surface area contributed by atoms with E-state index in [-0.39, 0.29) is 6.54 Å². The molecule has 1 unspecified atom stereocenters. The fourth-order valence-corrected chi connectivity index (χ4v) is 2.84. The molecule has 1 aromatic carbocycles. The standard InChI is InChI=1S/C16H19FN2O5/c1-22-15(20)14-10-19(16(21)24-14)11-3-4-13(12(17)9-11)18-5-2-7-23-8-6-18/h3-4,9,14H,2,5-8,10H2,1H3. The summed E-state index contributed by atoms with van der Waals surface area (Å²) in [5, 5.41) is 0. The third-order valence-corrected chi connectivity index (χ3v) is 4.08. The Morgan fingerprint density at radius 3 is 2.92 bits per heavy atom. The highest BCUT2D eigenvalue weighted by molar-refractivity contribution is 5.94. The first-order valence-corrected chi connectivity index (χ1v) is 7.78. The van der Waals surface area contributed by atoms with Crippen LogP contribution in [0.15, 0.2) is 18.2 Å². The number of nitrogens with zero attached hydrogens (tertiary/aromatic N) is 2. The molecule has 7 nitrogen and oxygen atoms in total. The number of halogens is 1. The SMILES string of the molecule is COC(=O)C1CN(c2ccc(N3CCCOCC3)c(F)c2)C(=O)O1. The van der Waals surface area contributed by atoms with Crippen LogP contribution in [0.4, 0.5) is 20.6 Å². The van der Waals surface area contributed by atoms with E-state index < -0.39 is 24.0 Å². The lowest BCUT2D eigenvalue weighted by atomic mass is 10.2. The van der Waals surface area contributed by atoms with Gasteiger partial charge < -0.3 is 19.1 Å². The van der Waals surface area contributed by atoms with Gasteiger partial charge >= 0.3 is 12.1 Å². The summed E-state index contributed by atoms with van der Waals surface area (Å²) in [7, 11) is 1.22. The minimum Gasteiger partial charge on any atom is -0.466 e. The molecule has 0 aliphatic carbocycles. The average Bonchev–Trinajstić information content (AvgIpc) is 2.79. The quantitative estimate of drug-likeness (QED) is 0.779. The van der Waals surface area contributed by atoms with E-state index in [9.17, 15) is 14.0 Å². The summed E-state index contributed by atoms with van der Waals surface area (Å²) in [6.07, 6.45) is -0.853. The van der Waals surface area contributed by atoms with Gasteiger partial charge in [0.2, 0.25) is 6.10 Å². The Morgan fingerprint density at radius 1 is 1.33 bits per heavy atom. The van der Waals surface area contributed by atoms with Crippen molar-refractivity contribution in [3.63, 3.8) is 0 Å². The number of amides is 1. The van der Waals surface area contributed by atoms with Gasteiger partial charge in [-0.2, -0.15) is 0 Å². The van der Waals surface area contributed by atoms with Crippen LogP contribution in [-0.4, -0.2) is 58.1 Å². The molecule has 0 saturated carbocycles. The molecule has 2 saturated heterocycles. The molecule has 24 heavy (non-hydrogen) atoms. The van der Waals surface area contributed by atoms with E-state index in [1.54, 1.807) is 12.1 Å². The topological polar surface area (TPSA) is 68.3 Å². The number of anilines is 2. The highest BCUT2D eigenvalue weighted by Crippen LogP contribution is 2.28. The zero-order valence-electron chi connectivity index (χ0n) is 13.4. The molecule has 0 radical (unpaired) electrons. The van der Waals surface area contributed by atoms with Crippen LogP contribution in [0.5, 0.6) is 0 Å². The summed E-state index contributed by atoms with van der Waals surface area (Å²) in [5.74, 6) is -1.06. The van der Waals surface area contributed by atoms with Crippen molar-refractivity contribution >= 4 is 23.4 Å². The van der Waals surface area contributed by atoms with E-state index in [1.165, 1.54) is 18.1 Å². The molecule has 2 aliphatic rings. The minimum absolute atomic E-state index is 0.00183. The van der Waals surface area contributed by atoms with Crippen LogP contribution in [0.25, 0.3) is 0 Å². The maximum Gasteiger partial charge on any atom is 0.415 e. The van der Waals surface area contributed by atoms with Crippen LogP contribution >= 0.6 is 0 Å². The Bertz CT molecular complexity index is 631. The van der Waals surface area contributed by atoms with Crippen LogP contribution in [0, 0.1) is 5.82 Å². The molecular weight excluding hydrogens is 319 g/mol. The number of carbonyl (C=O) groups excluding carboxylic acids is 2. The molecule has 2 fully saturated rings. The minimum atomic E-state index is -0.993. The van der Waals surface area contributed by atoms with Gasteiger partial charge in [-0.3, -0.25) is 4.90 Å². The Kier molecular flexibility index (Phi) is 4.84. The van der Waals surface area contributed by atoms with Crippen LogP contribution < -0.4 is 9.80 Å². The number of esters is 1. The smallest absolute Gasteiger partial charge is 0.415 e. The van der Waals surface area contributed by atoms with Gasteiger partial charge in [-0.15, -0.1) is 0 Å². The first-order chi connectivity index (χ1) is 11.6. The van der Waals surface area contributed by atoms with Crippen molar-refractivity contribution < 1.29 is 28.2 Å². The Balaban J connectivity index is 1.77. The van der Waals surface area contributed by atoms with Crippen LogP contribution in [0.1, 0.15) is 6.42 Å². The van der Waals surface area contributed by atoms with Gasteiger partial charge in [0.15, 0.2) is 0 Å². The van der Waals surface area contributed by atoms with E-state index >= 15 is 0 Å². The lowest BCUT2D eigenvalue weighted by Gasteiger charge is -2.23. The van der Waals surface area contributed by atoms with Crippen molar-refractivity contribution in [2.75, 3.05) is 49.8 Å². The number of carbonyl (C=O) groups is 2. The van der Waals surface area contributed by atoms with Crippen molar-refractivity contribution in [3.8, 4) is 0 Å². The average molecular weight is 338 g/mol. The number of methoxy groups -OCH3 is 1. The normalized spacial score (nSPS) is 21.4. The second-order valence-corrected chi connectivity index (χ2v) is 5.59. The molecule has 1 aromatic rings. The molecule has 8 heteroatoms. The third kappa shape index (κ3) is 3.28. The maximum atomic E-state index is 14.5. The second-order valence-electron chi connectivity index (χ2n) is 5.59. The molecule has 2 aliphatic heterocycles. The molecule has 1 amide bonds. The summed E-state index contributed by atoms with van der Waals surface area (Å²) < 4.78 is 29.4. The first-order valence-electron chi connectivity index (χ1n) is 7.78. The van der Waals surface area contributed by atoms with E-state index in [0.717, 1.165) is 6.42 Å². The van der Waals surface area contributed by atoms with Crippen LogP contribution in [-0.2, 0) is 19.0 Å². The predicted molar refractivity (Wildman–Crippen MR) is 83.7 cm³/mol. The van der Waals surface area contributed by atoms with Crippen molar-refractivity contribution in [1.29, 1.82) is 0 Å². The summed E-state index contributed by atoms with van der Waals surface area (Å²) in [5.41, 5.74) is 0.819. The highest BCUT2D eigenvalue weighted by Gasteiger charge is 2.38. The number of ether oxygens (including phenoxy) is 3. The predicted octanol–water partition coefficient (Wildman–Crippen LogP) is 1.55. The number of rotatable bonds is 3. The summed E-state index contributed by atoms with van der Waals surface area (Å²) >= 11 is 0. The number of hydrogen-bond donors (Lipinski definition) is 0. The summed E-state index contributed by atoms with van der Waals surface area (Å²) in [4.78, 5) is 26.5. The van der Waals surface area contributed by atoms with Gasteiger partial charge in [-0.05, 0) is 24.6 Å². The summed E-state index contributed by atoms with van der Waals surface area (Å²) in [6.45, 7) is 2.56. The highest BCUT2D eigenvalue weighted by atomic mass is 19.1. The molecule has 2 heterocycles. The molecule has 0 aromatic heterocycles. The van der Waals surface area contributed by atoms with Gasteiger partial charge in [0.1, 0.15) is 5.82 Å². The van der Waals surface area contributed by atoms with Gasteiger partial charge in [0.25, 0.3) is 0 Å². The lowest BCUT2D eigenvalue weighted by Crippen LogP contribution is -2.29. The third-order valence-electron chi connectivity index (χ3n) is 4.08. The van der Waals surface area contributed by atoms with Gasteiger partial charge in [0, 0.05) is 19.7 Å². The number of cyclic esters (lactones) is 1. The molecule has 0 spiro atoms. The van der Waals surface area contributed by atoms with Crippen molar-refractivity contribution in [1.82, 2.24) is 0 Å². The molecule has 0 bridgehead atoms. The lowest BCUT2D eigenvalue weighted by molar-refractivity contribution is -0.148. The zero-order valence-corrected chi connectivity index (χ0v) is 13.4. The van der Waals surface area contributed by atoms with E-state index in [2.05, 4.69) is 4.74 Å². The first kappa shape index (κ1) is 16.5. The second kappa shape index (κ2) is 7.04. The molecule has 0 N–H and O–H groups in total. The van der Waals surface area contributed by atoms with E-state index in [0.29, 0.717) is 37.7 Å². The van der Waals surface area contributed by atoms with Gasteiger partial charge in [0.05, 0.1) is 31.6 Å². The van der Waals surface area contributed by atoms with Crippen molar-refractivity contribution in [2.45, 2.75) is 12.5 Å². The Labute approximate surface area is 138 Å². The van der Waals surface area contributed by atoms with Gasteiger partial charge in [-0.25, -0.2) is 14.0 Å².